The number of ether oxygens (including phenoxy) is 2. The maximum Gasteiger partial charge on any atom is 0.379 e. The fourth-order valence-corrected chi connectivity index (χ4v) is 2.10. The predicted molar refractivity (Wildman–Crippen MR) is 85.7 cm³/mol. The summed E-state index contributed by atoms with van der Waals surface area (Å²) in [7, 11) is 0. The second-order valence-electron chi connectivity index (χ2n) is 5.17. The second-order valence-corrected chi connectivity index (χ2v) is 5.17. The number of halogens is 2. The summed E-state index contributed by atoms with van der Waals surface area (Å²) < 4.78 is 38.0. The molecule has 1 atom stereocenters. The molecule has 0 spiro atoms. The molecule has 2 aromatic rings. The van der Waals surface area contributed by atoms with Crippen LogP contribution in [0.1, 0.15) is 24.1 Å². The van der Waals surface area contributed by atoms with Gasteiger partial charge in [0.05, 0.1) is 6.61 Å². The van der Waals surface area contributed by atoms with E-state index in [1.54, 1.807) is 12.1 Å². The van der Waals surface area contributed by atoms with E-state index in [1.165, 1.54) is 19.1 Å². The Bertz CT molecular complexity index is 677. The third-order valence-corrected chi connectivity index (χ3v) is 3.40. The number of esters is 1. The zero-order valence-electron chi connectivity index (χ0n) is 13.2. The van der Waals surface area contributed by atoms with Gasteiger partial charge in [-0.05, 0) is 30.2 Å². The van der Waals surface area contributed by atoms with E-state index in [-0.39, 0.29) is 12.2 Å². The van der Waals surface area contributed by atoms with E-state index in [0.29, 0.717) is 12.4 Å². The highest BCUT2D eigenvalue weighted by Gasteiger charge is 2.47. The molecule has 0 radical (unpaired) electrons. The molecule has 24 heavy (non-hydrogen) atoms. The molecule has 0 fully saturated rings. The number of nitrogens with two attached hydrogens (primary N) is 1. The topological polar surface area (TPSA) is 61.5 Å². The molecular weight excluding hydrogens is 316 g/mol. The van der Waals surface area contributed by atoms with Gasteiger partial charge in [-0.25, -0.2) is 4.79 Å². The lowest BCUT2D eigenvalue weighted by atomic mass is 10.0. The highest BCUT2D eigenvalue weighted by Crippen LogP contribution is 2.32. The van der Waals surface area contributed by atoms with Gasteiger partial charge < -0.3 is 15.2 Å². The molecule has 0 aromatic heterocycles. The predicted octanol–water partition coefficient (Wildman–Crippen LogP) is 3.46. The van der Waals surface area contributed by atoms with E-state index in [9.17, 15) is 13.6 Å². The molecule has 4 nitrogen and oxygen atoms in total. The van der Waals surface area contributed by atoms with E-state index in [2.05, 4.69) is 4.74 Å². The van der Waals surface area contributed by atoms with Gasteiger partial charge in [0.1, 0.15) is 18.4 Å². The Morgan fingerprint density at radius 2 is 1.88 bits per heavy atom. The molecule has 0 saturated heterocycles. The minimum atomic E-state index is -3.81. The second kappa shape index (κ2) is 7.88. The first-order chi connectivity index (χ1) is 11.4. The Morgan fingerprint density at radius 3 is 2.54 bits per heavy atom. The lowest BCUT2D eigenvalue weighted by Crippen LogP contribution is -2.41. The third-order valence-electron chi connectivity index (χ3n) is 3.40. The normalized spacial score (nSPS) is 12.5. The van der Waals surface area contributed by atoms with Crippen LogP contribution < -0.4 is 10.5 Å². The quantitative estimate of drug-likeness (QED) is 0.787. The van der Waals surface area contributed by atoms with Crippen LogP contribution in [0.4, 0.5) is 8.78 Å². The molecule has 0 aliphatic carbocycles. The van der Waals surface area contributed by atoms with Crippen molar-refractivity contribution in [3.63, 3.8) is 0 Å². The molecule has 0 aliphatic heterocycles. The molecular formula is C18H19F2NO3. The molecule has 0 unspecified atom stereocenters. The minimum Gasteiger partial charge on any atom is -0.489 e. The first-order valence-electron chi connectivity index (χ1n) is 7.52. The molecule has 2 aromatic carbocycles. The van der Waals surface area contributed by atoms with Crippen molar-refractivity contribution in [3.05, 3.63) is 65.7 Å². The smallest absolute Gasteiger partial charge is 0.379 e. The number of hydrogen-bond donors (Lipinski definition) is 1. The summed E-state index contributed by atoms with van der Waals surface area (Å²) in [6.45, 7) is 1.62. The van der Waals surface area contributed by atoms with Crippen LogP contribution in [0.3, 0.4) is 0 Å². The van der Waals surface area contributed by atoms with Crippen molar-refractivity contribution < 1.29 is 23.0 Å². The standard InChI is InChI=1S/C18H19F2NO3/c1-2-23-17(22)18(19,20)16(21)14-9-6-10-15(11-14)24-12-13-7-4-3-5-8-13/h3-11,16H,2,12,21H2,1H3/t16-/m0/s1. The third kappa shape index (κ3) is 4.29. The number of carbonyl (C=O) groups is 1. The van der Waals surface area contributed by atoms with E-state index >= 15 is 0 Å². The molecule has 0 amide bonds. The van der Waals surface area contributed by atoms with E-state index in [1.807, 2.05) is 30.3 Å². The molecule has 6 heteroatoms. The first-order valence-corrected chi connectivity index (χ1v) is 7.52. The summed E-state index contributed by atoms with van der Waals surface area (Å²) in [6.07, 6.45) is 0. The van der Waals surface area contributed by atoms with Crippen molar-refractivity contribution in [1.29, 1.82) is 0 Å². The van der Waals surface area contributed by atoms with Gasteiger partial charge in [0.15, 0.2) is 0 Å². The van der Waals surface area contributed by atoms with Gasteiger partial charge in [0.25, 0.3) is 0 Å². The van der Waals surface area contributed by atoms with Crippen LogP contribution in [-0.2, 0) is 16.1 Å². The molecule has 0 bridgehead atoms. The van der Waals surface area contributed by atoms with Gasteiger partial charge in [-0.3, -0.25) is 0 Å². The molecule has 0 saturated carbocycles. The van der Waals surface area contributed by atoms with Crippen molar-refractivity contribution in [3.8, 4) is 5.75 Å². The zero-order chi connectivity index (χ0) is 17.6. The first kappa shape index (κ1) is 17.9. The van der Waals surface area contributed by atoms with Gasteiger partial charge in [-0.1, -0.05) is 42.5 Å². The fraction of sp³-hybridized carbons (Fsp3) is 0.278. The minimum absolute atomic E-state index is 0.0959. The monoisotopic (exact) mass is 335 g/mol. The van der Waals surface area contributed by atoms with Crippen molar-refractivity contribution in [2.24, 2.45) is 5.73 Å². The molecule has 2 N–H and O–H groups in total. The Balaban J connectivity index is 2.10. The van der Waals surface area contributed by atoms with Crippen LogP contribution in [0.15, 0.2) is 54.6 Å². The summed E-state index contributed by atoms with van der Waals surface area (Å²) in [5.74, 6) is -5.05. The number of hydrogen-bond acceptors (Lipinski definition) is 4. The van der Waals surface area contributed by atoms with Crippen LogP contribution in [0.5, 0.6) is 5.75 Å². The van der Waals surface area contributed by atoms with E-state index in [4.69, 9.17) is 10.5 Å². The average Bonchev–Trinajstić information content (AvgIpc) is 2.60. The average molecular weight is 335 g/mol. The van der Waals surface area contributed by atoms with Crippen LogP contribution in [0.2, 0.25) is 0 Å². The van der Waals surface area contributed by atoms with Crippen molar-refractivity contribution in [2.45, 2.75) is 25.5 Å². The highest BCUT2D eigenvalue weighted by molar-refractivity contribution is 5.78. The summed E-state index contributed by atoms with van der Waals surface area (Å²) in [4.78, 5) is 11.4. The van der Waals surface area contributed by atoms with Crippen molar-refractivity contribution in [2.75, 3.05) is 6.61 Å². The number of benzene rings is 2. The lowest BCUT2D eigenvalue weighted by Gasteiger charge is -2.22. The van der Waals surface area contributed by atoms with Crippen LogP contribution >= 0.6 is 0 Å². The Morgan fingerprint density at radius 1 is 1.17 bits per heavy atom. The molecule has 0 aliphatic rings. The van der Waals surface area contributed by atoms with Crippen LogP contribution in [-0.4, -0.2) is 18.5 Å². The highest BCUT2D eigenvalue weighted by atomic mass is 19.3. The van der Waals surface area contributed by atoms with Gasteiger partial charge in [0, 0.05) is 0 Å². The Hall–Kier alpha value is -2.47. The summed E-state index contributed by atoms with van der Waals surface area (Å²) in [6, 6.07) is 13.6. The maximum atomic E-state index is 14.0. The maximum absolute atomic E-state index is 14.0. The van der Waals surface area contributed by atoms with Crippen LogP contribution in [0, 0.1) is 0 Å². The number of carbonyl (C=O) groups excluding carboxylic acids is 1. The Kier molecular flexibility index (Phi) is 5.87. The zero-order valence-corrected chi connectivity index (χ0v) is 13.2. The summed E-state index contributed by atoms with van der Waals surface area (Å²) >= 11 is 0. The lowest BCUT2D eigenvalue weighted by molar-refractivity contribution is -0.174. The summed E-state index contributed by atoms with van der Waals surface area (Å²) in [5.41, 5.74) is 6.62. The van der Waals surface area contributed by atoms with Gasteiger partial charge >= 0.3 is 11.9 Å². The van der Waals surface area contributed by atoms with Crippen molar-refractivity contribution in [1.82, 2.24) is 0 Å². The Labute approximate surface area is 139 Å². The largest absolute Gasteiger partial charge is 0.489 e. The van der Waals surface area contributed by atoms with E-state index in [0.717, 1.165) is 5.56 Å². The van der Waals surface area contributed by atoms with Gasteiger partial charge in [0.2, 0.25) is 0 Å². The summed E-state index contributed by atoms with van der Waals surface area (Å²) in [5, 5.41) is 0. The number of alkyl halides is 2. The van der Waals surface area contributed by atoms with E-state index < -0.39 is 17.9 Å². The number of rotatable bonds is 7. The SMILES string of the molecule is CCOC(=O)C(F)(F)[C@@H](N)c1cccc(OCc2ccccc2)c1. The fourth-order valence-electron chi connectivity index (χ4n) is 2.10. The van der Waals surface area contributed by atoms with Gasteiger partial charge in [-0.2, -0.15) is 8.78 Å². The molecule has 128 valence electrons. The molecule has 2 rings (SSSR count). The molecule has 0 heterocycles. The van der Waals surface area contributed by atoms with Crippen LogP contribution in [0.25, 0.3) is 0 Å². The van der Waals surface area contributed by atoms with Gasteiger partial charge in [-0.15, -0.1) is 0 Å². The van der Waals surface area contributed by atoms with Crippen molar-refractivity contribution >= 4 is 5.97 Å².